The molecule has 4 aromatic carbocycles. The molecule has 2 nitrogen and oxygen atoms in total. The van der Waals surface area contributed by atoms with Gasteiger partial charge in [-0.1, -0.05) is 109 Å². The fraction of sp³-hybridized carbons (Fsp3) is 0.0714. The molecule has 0 atom stereocenters. The summed E-state index contributed by atoms with van der Waals surface area (Å²) in [7, 11) is -2.56. The van der Waals surface area contributed by atoms with Crippen molar-refractivity contribution in [3.05, 3.63) is 120 Å². The zero-order chi connectivity index (χ0) is 21.5. The summed E-state index contributed by atoms with van der Waals surface area (Å²) in [6, 6.07) is 43.0. The van der Waals surface area contributed by atoms with Crippen LogP contribution in [0.1, 0.15) is 11.1 Å². The Bertz CT molecular complexity index is 1120. The summed E-state index contributed by atoms with van der Waals surface area (Å²) in [6.45, 7) is 0. The molecule has 0 aliphatic heterocycles. The molecule has 4 aromatic rings. The Morgan fingerprint density at radius 3 is 1.10 bits per heavy atom. The molecule has 0 aliphatic rings. The van der Waals surface area contributed by atoms with Crippen LogP contribution < -0.4 is 20.7 Å². The van der Waals surface area contributed by atoms with Gasteiger partial charge < -0.3 is 0 Å². The first-order valence-electron chi connectivity index (χ1n) is 10.3. The standard InChI is InChI=1S/C28H22N2Si/c29-21-19-23-11-15-27(16-12-23)31(25-7-3-1-4-8-25,26-9-5-2-6-10-26)28-17-13-24(14-18-28)20-22-30/h1-18H,19-20H2. The first-order valence-corrected chi connectivity index (χ1v) is 12.3. The SMILES string of the molecule is N#CCc1ccc([Si](c2ccccc2)(c2ccccc2)c2ccc(CC#N)cc2)cc1. The normalized spacial score (nSPS) is 10.8. The van der Waals surface area contributed by atoms with Gasteiger partial charge in [0.1, 0.15) is 0 Å². The quantitative estimate of drug-likeness (QED) is 0.359. The number of benzene rings is 4. The maximum absolute atomic E-state index is 9.09. The zero-order valence-electron chi connectivity index (χ0n) is 17.2. The maximum atomic E-state index is 9.09. The van der Waals surface area contributed by atoms with Crippen LogP contribution >= 0.6 is 0 Å². The number of hydrogen-bond donors (Lipinski definition) is 0. The zero-order valence-corrected chi connectivity index (χ0v) is 18.2. The van der Waals surface area contributed by atoms with E-state index in [0.29, 0.717) is 12.8 Å². The average Bonchev–Trinajstić information content (AvgIpc) is 2.83. The molecule has 0 radical (unpaired) electrons. The van der Waals surface area contributed by atoms with Gasteiger partial charge in [0.15, 0.2) is 8.07 Å². The molecule has 31 heavy (non-hydrogen) atoms. The van der Waals surface area contributed by atoms with Gasteiger partial charge in [-0.15, -0.1) is 0 Å². The Hall–Kier alpha value is -3.92. The highest BCUT2D eigenvalue weighted by atomic mass is 28.3. The molecule has 4 rings (SSSR count). The van der Waals surface area contributed by atoms with Gasteiger partial charge in [0.2, 0.25) is 0 Å². The van der Waals surface area contributed by atoms with Crippen molar-refractivity contribution in [2.75, 3.05) is 0 Å². The second-order valence-electron chi connectivity index (χ2n) is 7.55. The number of hydrogen-bond acceptors (Lipinski definition) is 2. The fourth-order valence-electron chi connectivity index (χ4n) is 4.30. The number of nitriles is 2. The van der Waals surface area contributed by atoms with Crippen molar-refractivity contribution in [1.29, 1.82) is 10.5 Å². The molecule has 0 unspecified atom stereocenters. The molecule has 0 saturated carbocycles. The van der Waals surface area contributed by atoms with Crippen LogP contribution in [0.4, 0.5) is 0 Å². The summed E-state index contributed by atoms with van der Waals surface area (Å²) in [5, 5.41) is 23.3. The molecule has 0 bridgehead atoms. The molecule has 0 fully saturated rings. The van der Waals surface area contributed by atoms with Crippen LogP contribution in [0.5, 0.6) is 0 Å². The molecule has 0 aromatic heterocycles. The lowest BCUT2D eigenvalue weighted by Gasteiger charge is -2.34. The highest BCUT2D eigenvalue weighted by Crippen LogP contribution is 2.11. The van der Waals surface area contributed by atoms with Gasteiger partial charge in [0, 0.05) is 0 Å². The van der Waals surface area contributed by atoms with Crippen LogP contribution in [0.2, 0.25) is 0 Å². The van der Waals surface area contributed by atoms with Crippen LogP contribution in [0.25, 0.3) is 0 Å². The lowest BCUT2D eigenvalue weighted by atomic mass is 10.2. The van der Waals surface area contributed by atoms with E-state index in [1.807, 2.05) is 0 Å². The molecule has 0 aliphatic carbocycles. The van der Waals surface area contributed by atoms with Crippen molar-refractivity contribution in [3.63, 3.8) is 0 Å². The van der Waals surface area contributed by atoms with Crippen LogP contribution in [0.3, 0.4) is 0 Å². The lowest BCUT2D eigenvalue weighted by molar-refractivity contribution is 1.26. The van der Waals surface area contributed by atoms with Gasteiger partial charge in [-0.2, -0.15) is 10.5 Å². The van der Waals surface area contributed by atoms with Crippen molar-refractivity contribution in [1.82, 2.24) is 0 Å². The summed E-state index contributed by atoms with van der Waals surface area (Å²) < 4.78 is 0. The first-order chi connectivity index (χ1) is 15.3. The van der Waals surface area contributed by atoms with Crippen LogP contribution in [-0.4, -0.2) is 8.07 Å². The van der Waals surface area contributed by atoms with Crippen LogP contribution in [0, 0.1) is 22.7 Å². The average molecular weight is 415 g/mol. The molecule has 148 valence electrons. The smallest absolute Gasteiger partial charge is 0.179 e. The minimum absolute atomic E-state index is 0.411. The van der Waals surface area contributed by atoms with Crippen molar-refractivity contribution < 1.29 is 0 Å². The Kier molecular flexibility index (Phi) is 6.08. The third kappa shape index (κ3) is 3.92. The van der Waals surface area contributed by atoms with Gasteiger partial charge in [0.25, 0.3) is 0 Å². The monoisotopic (exact) mass is 414 g/mol. The minimum atomic E-state index is -2.56. The Morgan fingerprint density at radius 1 is 0.452 bits per heavy atom. The lowest BCUT2D eigenvalue weighted by Crippen LogP contribution is -2.74. The van der Waals surface area contributed by atoms with E-state index in [1.54, 1.807) is 0 Å². The highest BCUT2D eigenvalue weighted by Gasteiger charge is 2.41. The molecule has 0 saturated heterocycles. The van der Waals surface area contributed by atoms with E-state index < -0.39 is 8.07 Å². The first kappa shape index (κ1) is 20.4. The van der Waals surface area contributed by atoms with E-state index in [4.69, 9.17) is 10.5 Å². The molecular formula is C28H22N2Si. The predicted octanol–water partition coefficient (Wildman–Crippen LogP) is 3.20. The van der Waals surface area contributed by atoms with E-state index in [2.05, 4.69) is 121 Å². The minimum Gasteiger partial charge on any atom is -0.198 e. The summed E-state index contributed by atoms with van der Waals surface area (Å²) in [4.78, 5) is 0. The van der Waals surface area contributed by atoms with E-state index in [-0.39, 0.29) is 0 Å². The molecule has 3 heteroatoms. The summed E-state index contributed by atoms with van der Waals surface area (Å²) in [5.74, 6) is 0. The molecular weight excluding hydrogens is 392 g/mol. The van der Waals surface area contributed by atoms with Gasteiger partial charge in [0.05, 0.1) is 25.0 Å². The summed E-state index contributed by atoms with van der Waals surface area (Å²) in [6.07, 6.45) is 0.822. The molecule has 0 heterocycles. The maximum Gasteiger partial charge on any atom is 0.179 e. The second kappa shape index (κ2) is 9.26. The van der Waals surface area contributed by atoms with Gasteiger partial charge in [-0.25, -0.2) is 0 Å². The molecule has 0 amide bonds. The van der Waals surface area contributed by atoms with E-state index in [0.717, 1.165) is 11.1 Å². The Labute approximate surface area is 184 Å². The van der Waals surface area contributed by atoms with Crippen molar-refractivity contribution in [2.24, 2.45) is 0 Å². The van der Waals surface area contributed by atoms with Crippen molar-refractivity contribution in [3.8, 4) is 12.1 Å². The van der Waals surface area contributed by atoms with Gasteiger partial charge in [-0.05, 0) is 31.9 Å². The number of rotatable bonds is 6. The largest absolute Gasteiger partial charge is 0.198 e. The fourth-order valence-corrected chi connectivity index (χ4v) is 9.02. The second-order valence-corrected chi connectivity index (χ2v) is 11.4. The van der Waals surface area contributed by atoms with Crippen molar-refractivity contribution in [2.45, 2.75) is 12.8 Å². The number of nitrogens with zero attached hydrogens (tertiary/aromatic N) is 2. The van der Waals surface area contributed by atoms with Crippen LogP contribution in [-0.2, 0) is 12.8 Å². The topological polar surface area (TPSA) is 47.6 Å². The Balaban J connectivity index is 2.02. The third-order valence-electron chi connectivity index (χ3n) is 5.75. The molecule has 0 N–H and O–H groups in total. The van der Waals surface area contributed by atoms with E-state index >= 15 is 0 Å². The third-order valence-corrected chi connectivity index (χ3v) is 10.6. The van der Waals surface area contributed by atoms with E-state index in [9.17, 15) is 0 Å². The predicted molar refractivity (Wildman–Crippen MR) is 129 cm³/mol. The molecule has 0 spiro atoms. The van der Waals surface area contributed by atoms with Gasteiger partial charge >= 0.3 is 0 Å². The van der Waals surface area contributed by atoms with E-state index in [1.165, 1.54) is 20.7 Å². The van der Waals surface area contributed by atoms with Gasteiger partial charge in [-0.3, -0.25) is 0 Å². The summed E-state index contributed by atoms with van der Waals surface area (Å²) >= 11 is 0. The van der Waals surface area contributed by atoms with Crippen LogP contribution in [0.15, 0.2) is 109 Å². The summed E-state index contributed by atoms with van der Waals surface area (Å²) in [5.41, 5.74) is 2.05. The highest BCUT2D eigenvalue weighted by molar-refractivity contribution is 7.19. The van der Waals surface area contributed by atoms with Crippen molar-refractivity contribution >= 4 is 28.8 Å². The Morgan fingerprint density at radius 2 is 0.774 bits per heavy atom.